The Morgan fingerprint density at radius 2 is 1.81 bits per heavy atom. The van der Waals surface area contributed by atoms with Gasteiger partial charge in [0.1, 0.15) is 0 Å². The van der Waals surface area contributed by atoms with Gasteiger partial charge in [-0.3, -0.25) is 9.36 Å². The first-order valence-corrected chi connectivity index (χ1v) is 13.6. The van der Waals surface area contributed by atoms with Gasteiger partial charge in [-0.15, -0.1) is 0 Å². The molecule has 1 aliphatic rings. The van der Waals surface area contributed by atoms with E-state index in [0.29, 0.717) is 20.6 Å². The third kappa shape index (κ3) is 4.55. The summed E-state index contributed by atoms with van der Waals surface area (Å²) in [4.78, 5) is 32.1. The highest BCUT2D eigenvalue weighted by Crippen LogP contribution is 2.30. The molecule has 1 atom stereocenters. The Balaban J connectivity index is 1.68. The van der Waals surface area contributed by atoms with E-state index < -0.39 is 12.0 Å². The summed E-state index contributed by atoms with van der Waals surface area (Å²) in [6.07, 6.45) is 1.92. The van der Waals surface area contributed by atoms with E-state index in [-0.39, 0.29) is 12.2 Å². The van der Waals surface area contributed by atoms with Crippen molar-refractivity contribution in [1.82, 2.24) is 9.13 Å². The first kappa shape index (κ1) is 25.2. The highest BCUT2D eigenvalue weighted by molar-refractivity contribution is 9.10. The number of aryl methyl sites for hydroxylation is 1. The van der Waals surface area contributed by atoms with Crippen molar-refractivity contribution >= 4 is 39.3 Å². The van der Waals surface area contributed by atoms with Crippen molar-refractivity contribution in [2.24, 2.45) is 4.99 Å². The second-order valence-electron chi connectivity index (χ2n) is 8.85. The number of thiazole rings is 1. The smallest absolute Gasteiger partial charge is 0.338 e. The van der Waals surface area contributed by atoms with Gasteiger partial charge in [-0.1, -0.05) is 57.6 Å². The molecule has 0 saturated heterocycles. The van der Waals surface area contributed by atoms with Gasteiger partial charge in [0.2, 0.25) is 0 Å². The van der Waals surface area contributed by atoms with Crippen molar-refractivity contribution < 1.29 is 9.53 Å². The summed E-state index contributed by atoms with van der Waals surface area (Å²) in [5, 5.41) is 0. The van der Waals surface area contributed by atoms with Gasteiger partial charge in [0, 0.05) is 21.5 Å². The average Bonchev–Trinajstić information content (AvgIpc) is 3.33. The Bertz CT molecular complexity index is 1710. The topological polar surface area (TPSA) is 65.6 Å². The lowest BCUT2D eigenvalue weighted by atomic mass is 9.96. The van der Waals surface area contributed by atoms with Crippen LogP contribution in [0.4, 0.5) is 0 Å². The number of esters is 1. The molecule has 2 aromatic carbocycles. The minimum Gasteiger partial charge on any atom is -0.463 e. The molecule has 5 rings (SSSR count). The Morgan fingerprint density at radius 3 is 2.49 bits per heavy atom. The third-order valence-electron chi connectivity index (χ3n) is 6.47. The standard InChI is InChI=1S/C29H26BrN3O3S/c1-5-36-28(35)25-18(3)31-29-33(26(25)20-9-7-6-8-10-20)27(34)24(37-29)16-21-15-17(2)32(19(21)4)23-13-11-22(30)12-14-23/h6-16,26H,5H2,1-4H3/b24-16-. The van der Waals surface area contributed by atoms with Crippen LogP contribution in [0.3, 0.4) is 0 Å². The molecule has 0 fully saturated rings. The molecule has 0 N–H and O–H groups in total. The second kappa shape index (κ2) is 10.1. The predicted molar refractivity (Wildman–Crippen MR) is 150 cm³/mol. The van der Waals surface area contributed by atoms with Crippen molar-refractivity contribution in [3.63, 3.8) is 0 Å². The molecule has 0 bridgehead atoms. The van der Waals surface area contributed by atoms with Crippen LogP contribution in [0.5, 0.6) is 0 Å². The quantitative estimate of drug-likeness (QED) is 0.316. The SMILES string of the molecule is CCOC(=O)C1=C(C)N=c2s/c(=C\c3cc(C)n(-c4ccc(Br)cc4)c3C)c(=O)n2C1c1ccccc1. The van der Waals surface area contributed by atoms with Crippen LogP contribution >= 0.6 is 27.3 Å². The van der Waals surface area contributed by atoms with E-state index in [1.54, 1.807) is 18.4 Å². The fraction of sp³-hybridized carbons (Fsp3) is 0.207. The zero-order valence-electron chi connectivity index (χ0n) is 21.0. The number of nitrogens with zero attached hydrogens (tertiary/aromatic N) is 3. The fourth-order valence-corrected chi connectivity index (χ4v) is 6.11. The largest absolute Gasteiger partial charge is 0.463 e. The summed E-state index contributed by atoms with van der Waals surface area (Å²) < 4.78 is 10.7. The van der Waals surface area contributed by atoms with Gasteiger partial charge in [-0.2, -0.15) is 0 Å². The van der Waals surface area contributed by atoms with Crippen LogP contribution in [0.15, 0.2) is 86.2 Å². The molecule has 8 heteroatoms. The summed E-state index contributed by atoms with van der Waals surface area (Å²) in [6, 6.07) is 19.2. The molecular weight excluding hydrogens is 550 g/mol. The number of fused-ring (bicyclic) bond motifs is 1. The Labute approximate surface area is 227 Å². The zero-order valence-corrected chi connectivity index (χ0v) is 23.4. The number of rotatable bonds is 5. The molecule has 1 aliphatic heterocycles. The van der Waals surface area contributed by atoms with E-state index in [9.17, 15) is 9.59 Å². The molecular formula is C29H26BrN3O3S. The normalized spacial score (nSPS) is 15.5. The number of halogens is 1. The van der Waals surface area contributed by atoms with Gasteiger partial charge in [-0.25, -0.2) is 9.79 Å². The number of carbonyl (C=O) groups is 1. The van der Waals surface area contributed by atoms with E-state index in [4.69, 9.17) is 4.74 Å². The molecule has 3 heterocycles. The highest BCUT2D eigenvalue weighted by Gasteiger charge is 2.33. The van der Waals surface area contributed by atoms with Gasteiger partial charge in [0.25, 0.3) is 5.56 Å². The van der Waals surface area contributed by atoms with Gasteiger partial charge in [0.05, 0.1) is 28.5 Å². The van der Waals surface area contributed by atoms with Crippen molar-refractivity contribution in [1.29, 1.82) is 0 Å². The maximum atomic E-state index is 13.8. The van der Waals surface area contributed by atoms with E-state index >= 15 is 0 Å². The van der Waals surface area contributed by atoms with Gasteiger partial charge < -0.3 is 9.30 Å². The first-order chi connectivity index (χ1) is 17.8. The van der Waals surface area contributed by atoms with Crippen LogP contribution in [0.25, 0.3) is 11.8 Å². The molecule has 2 aromatic heterocycles. The maximum Gasteiger partial charge on any atom is 0.338 e. The molecule has 0 spiro atoms. The van der Waals surface area contributed by atoms with Crippen molar-refractivity contribution in [3.8, 4) is 5.69 Å². The van der Waals surface area contributed by atoms with Gasteiger partial charge in [-0.05, 0) is 75.2 Å². The van der Waals surface area contributed by atoms with Crippen LogP contribution < -0.4 is 14.9 Å². The molecule has 0 amide bonds. The lowest BCUT2D eigenvalue weighted by Crippen LogP contribution is -2.39. The molecule has 188 valence electrons. The monoisotopic (exact) mass is 575 g/mol. The van der Waals surface area contributed by atoms with Crippen LogP contribution in [0.1, 0.15) is 42.4 Å². The summed E-state index contributed by atoms with van der Waals surface area (Å²) >= 11 is 4.83. The minimum absolute atomic E-state index is 0.180. The number of ether oxygens (including phenoxy) is 1. The summed E-state index contributed by atoms with van der Waals surface area (Å²) in [5.74, 6) is -0.454. The number of benzene rings is 2. The van der Waals surface area contributed by atoms with E-state index in [2.05, 4.69) is 50.6 Å². The second-order valence-corrected chi connectivity index (χ2v) is 10.8. The predicted octanol–water partition coefficient (Wildman–Crippen LogP) is 4.97. The van der Waals surface area contributed by atoms with E-state index in [1.807, 2.05) is 55.5 Å². The van der Waals surface area contributed by atoms with Crippen molar-refractivity contribution in [2.45, 2.75) is 33.7 Å². The summed E-state index contributed by atoms with van der Waals surface area (Å²) in [6.45, 7) is 7.91. The summed E-state index contributed by atoms with van der Waals surface area (Å²) in [7, 11) is 0. The number of hydrogen-bond donors (Lipinski definition) is 0. The Hall–Kier alpha value is -3.49. The lowest BCUT2D eigenvalue weighted by molar-refractivity contribution is -0.139. The zero-order chi connectivity index (χ0) is 26.3. The maximum absolute atomic E-state index is 13.8. The van der Waals surface area contributed by atoms with Crippen LogP contribution in [-0.2, 0) is 9.53 Å². The molecule has 1 unspecified atom stereocenters. The first-order valence-electron chi connectivity index (χ1n) is 12.0. The van der Waals surface area contributed by atoms with Crippen LogP contribution in [-0.4, -0.2) is 21.7 Å². The minimum atomic E-state index is -0.603. The number of hydrogen-bond acceptors (Lipinski definition) is 5. The molecule has 6 nitrogen and oxygen atoms in total. The number of aromatic nitrogens is 2. The van der Waals surface area contributed by atoms with Gasteiger partial charge >= 0.3 is 5.97 Å². The number of allylic oxidation sites excluding steroid dienone is 1. The summed E-state index contributed by atoms with van der Waals surface area (Å²) in [5.41, 5.74) is 5.73. The molecule has 0 aliphatic carbocycles. The Kier molecular flexibility index (Phi) is 6.88. The van der Waals surface area contributed by atoms with Gasteiger partial charge in [0.15, 0.2) is 4.80 Å². The van der Waals surface area contributed by atoms with Crippen LogP contribution in [0.2, 0.25) is 0 Å². The number of carbonyl (C=O) groups excluding carboxylic acids is 1. The average molecular weight is 577 g/mol. The third-order valence-corrected chi connectivity index (χ3v) is 7.99. The molecule has 0 saturated carbocycles. The molecule has 4 aromatic rings. The Morgan fingerprint density at radius 1 is 1.11 bits per heavy atom. The fourth-order valence-electron chi connectivity index (χ4n) is 4.80. The molecule has 37 heavy (non-hydrogen) atoms. The van der Waals surface area contributed by atoms with E-state index in [0.717, 1.165) is 32.7 Å². The van der Waals surface area contributed by atoms with Crippen molar-refractivity contribution in [2.75, 3.05) is 6.61 Å². The molecule has 0 radical (unpaired) electrons. The lowest BCUT2D eigenvalue weighted by Gasteiger charge is -2.24. The van der Waals surface area contributed by atoms with Crippen molar-refractivity contribution in [3.05, 3.63) is 119 Å². The van der Waals surface area contributed by atoms with E-state index in [1.165, 1.54) is 11.3 Å². The highest BCUT2D eigenvalue weighted by atomic mass is 79.9. The van der Waals surface area contributed by atoms with Crippen LogP contribution in [0, 0.1) is 13.8 Å².